The molecule has 0 fully saturated rings. The van der Waals surface area contributed by atoms with Crippen molar-refractivity contribution in [3.63, 3.8) is 0 Å². The van der Waals surface area contributed by atoms with Gasteiger partial charge in [0.25, 0.3) is 0 Å². The second kappa shape index (κ2) is 12.2. The monoisotopic (exact) mass is 369 g/mol. The van der Waals surface area contributed by atoms with Gasteiger partial charge in [-0.25, -0.2) is 9.59 Å². The van der Waals surface area contributed by atoms with Crippen LogP contribution in [0.25, 0.3) is 0 Å². The summed E-state index contributed by atoms with van der Waals surface area (Å²) >= 11 is 3.78. The average molecular weight is 369 g/mol. The molecule has 138 valence electrons. The van der Waals surface area contributed by atoms with Gasteiger partial charge >= 0.3 is 18.0 Å². The first kappa shape index (κ1) is 20.8. The molecular formula is C17H23NO6S. The standard InChI is InChI=1S/C17H23NO6S/c1-13(16(20)22-10-6-5-9-15(19)24-12-25)18-17(21)23-11-14-7-3-2-4-8-14/h2-4,7-8,13,25H,5-6,9-12H2,1H3,(H,18,21)/t13-/m0/s1. The highest BCUT2D eigenvalue weighted by atomic mass is 32.1. The van der Waals surface area contributed by atoms with Crippen LogP contribution < -0.4 is 5.32 Å². The summed E-state index contributed by atoms with van der Waals surface area (Å²) in [6.07, 6.45) is 0.625. The Morgan fingerprint density at radius 1 is 1.08 bits per heavy atom. The van der Waals surface area contributed by atoms with E-state index in [0.29, 0.717) is 12.8 Å². The Labute approximate surface area is 152 Å². The largest absolute Gasteiger partial charge is 0.464 e. The summed E-state index contributed by atoms with van der Waals surface area (Å²) in [5.74, 6) is -0.843. The molecule has 0 aliphatic carbocycles. The van der Waals surface area contributed by atoms with Crippen LogP contribution >= 0.6 is 12.6 Å². The lowest BCUT2D eigenvalue weighted by Crippen LogP contribution is -2.39. The quantitative estimate of drug-likeness (QED) is 0.216. The van der Waals surface area contributed by atoms with Crippen molar-refractivity contribution >= 4 is 30.7 Å². The minimum Gasteiger partial charge on any atom is -0.464 e. The second-order valence-electron chi connectivity index (χ2n) is 5.20. The van der Waals surface area contributed by atoms with Crippen molar-refractivity contribution < 1.29 is 28.6 Å². The van der Waals surface area contributed by atoms with Crippen molar-refractivity contribution in [1.82, 2.24) is 5.32 Å². The number of benzene rings is 1. The number of nitrogens with one attached hydrogen (secondary N) is 1. The minimum absolute atomic E-state index is 0.0530. The topological polar surface area (TPSA) is 90.9 Å². The Kier molecular flexibility index (Phi) is 10.2. The minimum atomic E-state index is -0.822. The molecule has 0 aromatic heterocycles. The molecule has 1 amide bonds. The smallest absolute Gasteiger partial charge is 0.408 e. The number of esters is 2. The van der Waals surface area contributed by atoms with Gasteiger partial charge in [-0.2, -0.15) is 0 Å². The fraction of sp³-hybridized carbons (Fsp3) is 0.471. The lowest BCUT2D eigenvalue weighted by molar-refractivity contribution is -0.145. The molecule has 0 spiro atoms. The molecule has 0 unspecified atom stereocenters. The van der Waals surface area contributed by atoms with Crippen LogP contribution in [0.15, 0.2) is 30.3 Å². The molecule has 0 heterocycles. The van der Waals surface area contributed by atoms with Crippen molar-refractivity contribution in [2.45, 2.75) is 38.8 Å². The van der Waals surface area contributed by atoms with Gasteiger partial charge in [-0.3, -0.25) is 4.79 Å². The van der Waals surface area contributed by atoms with Crippen molar-refractivity contribution in [2.75, 3.05) is 12.5 Å². The maximum absolute atomic E-state index is 11.8. The van der Waals surface area contributed by atoms with E-state index in [1.54, 1.807) is 0 Å². The summed E-state index contributed by atoms with van der Waals surface area (Å²) in [6, 6.07) is 8.39. The van der Waals surface area contributed by atoms with Crippen LogP contribution in [0, 0.1) is 0 Å². The number of ether oxygens (including phenoxy) is 3. The third-order valence-corrected chi connectivity index (χ3v) is 3.27. The highest BCUT2D eigenvalue weighted by molar-refractivity contribution is 7.80. The summed E-state index contributed by atoms with van der Waals surface area (Å²) in [6.45, 7) is 1.80. The van der Waals surface area contributed by atoms with Gasteiger partial charge in [0.2, 0.25) is 0 Å². The van der Waals surface area contributed by atoms with Gasteiger partial charge in [-0.05, 0) is 25.3 Å². The molecule has 8 heteroatoms. The molecule has 1 aromatic rings. The van der Waals surface area contributed by atoms with Crippen LogP contribution in [0.5, 0.6) is 0 Å². The zero-order valence-corrected chi connectivity index (χ0v) is 15.0. The third kappa shape index (κ3) is 9.61. The SMILES string of the molecule is C[C@H](NC(=O)OCc1ccccc1)C(=O)OCCCCC(=O)OCS. The van der Waals surface area contributed by atoms with E-state index < -0.39 is 18.1 Å². The van der Waals surface area contributed by atoms with Crippen LogP contribution in [0.2, 0.25) is 0 Å². The first-order chi connectivity index (χ1) is 12.0. The van der Waals surface area contributed by atoms with E-state index in [4.69, 9.17) is 9.47 Å². The van der Waals surface area contributed by atoms with E-state index in [0.717, 1.165) is 5.56 Å². The van der Waals surface area contributed by atoms with E-state index in [9.17, 15) is 14.4 Å². The van der Waals surface area contributed by atoms with Crippen LogP contribution in [0.1, 0.15) is 31.7 Å². The summed E-state index contributed by atoms with van der Waals surface area (Å²) in [7, 11) is 0. The highest BCUT2D eigenvalue weighted by Gasteiger charge is 2.17. The number of unbranched alkanes of at least 4 members (excludes halogenated alkanes) is 1. The number of hydrogen-bond acceptors (Lipinski definition) is 7. The van der Waals surface area contributed by atoms with Crippen molar-refractivity contribution in [3.8, 4) is 0 Å². The molecule has 7 nitrogen and oxygen atoms in total. The van der Waals surface area contributed by atoms with Crippen LogP contribution in [-0.4, -0.2) is 36.6 Å². The first-order valence-electron chi connectivity index (χ1n) is 7.93. The molecule has 0 radical (unpaired) electrons. The van der Waals surface area contributed by atoms with Crippen molar-refractivity contribution in [1.29, 1.82) is 0 Å². The Bertz CT molecular complexity index is 551. The molecule has 1 aromatic carbocycles. The number of amides is 1. The Hall–Kier alpha value is -2.22. The molecule has 0 saturated heterocycles. The zero-order valence-electron chi connectivity index (χ0n) is 14.1. The number of carbonyl (C=O) groups is 3. The zero-order chi connectivity index (χ0) is 18.5. The van der Waals surface area contributed by atoms with Crippen LogP contribution in [0.3, 0.4) is 0 Å². The molecule has 0 bridgehead atoms. The first-order valence-corrected chi connectivity index (χ1v) is 8.56. The summed E-state index contributed by atoms with van der Waals surface area (Å²) in [4.78, 5) is 34.5. The number of thiol groups is 1. The maximum Gasteiger partial charge on any atom is 0.408 e. The third-order valence-electron chi connectivity index (χ3n) is 3.15. The van der Waals surface area contributed by atoms with Gasteiger partial charge in [-0.15, -0.1) is 12.6 Å². The Balaban J connectivity index is 2.14. The molecule has 0 saturated carbocycles. The van der Waals surface area contributed by atoms with Gasteiger partial charge in [0, 0.05) is 6.42 Å². The van der Waals surface area contributed by atoms with Gasteiger partial charge in [0.15, 0.2) is 0 Å². The highest BCUT2D eigenvalue weighted by Crippen LogP contribution is 2.02. The molecule has 0 aliphatic rings. The lowest BCUT2D eigenvalue weighted by Gasteiger charge is -2.13. The van der Waals surface area contributed by atoms with E-state index in [-0.39, 0.29) is 31.5 Å². The van der Waals surface area contributed by atoms with E-state index >= 15 is 0 Å². The predicted octanol–water partition coefficient (Wildman–Crippen LogP) is 2.45. The van der Waals surface area contributed by atoms with E-state index in [1.807, 2.05) is 30.3 Å². The normalized spacial score (nSPS) is 11.3. The molecule has 1 atom stereocenters. The van der Waals surface area contributed by atoms with Crippen LogP contribution in [0.4, 0.5) is 4.79 Å². The molecule has 25 heavy (non-hydrogen) atoms. The number of rotatable bonds is 10. The lowest BCUT2D eigenvalue weighted by atomic mass is 10.2. The summed E-state index contributed by atoms with van der Waals surface area (Å²) in [5.41, 5.74) is 0.851. The van der Waals surface area contributed by atoms with Crippen molar-refractivity contribution in [3.05, 3.63) is 35.9 Å². The fourth-order valence-electron chi connectivity index (χ4n) is 1.81. The van der Waals surface area contributed by atoms with Gasteiger partial charge in [0.05, 0.1) is 6.61 Å². The fourth-order valence-corrected chi connectivity index (χ4v) is 1.96. The maximum atomic E-state index is 11.8. The molecular weight excluding hydrogens is 346 g/mol. The summed E-state index contributed by atoms with van der Waals surface area (Å²) < 4.78 is 14.7. The predicted molar refractivity (Wildman–Crippen MR) is 94.0 cm³/mol. The Morgan fingerprint density at radius 2 is 1.80 bits per heavy atom. The van der Waals surface area contributed by atoms with E-state index in [1.165, 1.54) is 6.92 Å². The van der Waals surface area contributed by atoms with Crippen molar-refractivity contribution in [2.24, 2.45) is 0 Å². The van der Waals surface area contributed by atoms with Gasteiger partial charge in [-0.1, -0.05) is 30.3 Å². The van der Waals surface area contributed by atoms with E-state index in [2.05, 4.69) is 22.7 Å². The number of hydrogen-bond donors (Lipinski definition) is 2. The molecule has 1 N–H and O–H groups in total. The molecule has 0 aliphatic heterocycles. The number of carbonyl (C=O) groups excluding carboxylic acids is 3. The van der Waals surface area contributed by atoms with Gasteiger partial charge < -0.3 is 19.5 Å². The Morgan fingerprint density at radius 3 is 2.48 bits per heavy atom. The van der Waals surface area contributed by atoms with Gasteiger partial charge in [0.1, 0.15) is 18.6 Å². The molecule has 1 rings (SSSR count). The number of alkyl carbamates (subject to hydrolysis) is 1. The van der Waals surface area contributed by atoms with Crippen LogP contribution in [-0.2, 0) is 30.4 Å². The summed E-state index contributed by atoms with van der Waals surface area (Å²) in [5, 5.41) is 2.41. The average Bonchev–Trinajstić information content (AvgIpc) is 2.60. The second-order valence-corrected chi connectivity index (χ2v) is 5.46.